The summed E-state index contributed by atoms with van der Waals surface area (Å²) in [4.78, 5) is 6.63. The highest BCUT2D eigenvalue weighted by molar-refractivity contribution is 14.0. The Morgan fingerprint density at radius 2 is 2.00 bits per heavy atom. The van der Waals surface area contributed by atoms with Crippen LogP contribution in [-0.2, 0) is 16.6 Å². The molecule has 1 aromatic heterocycles. The maximum absolute atomic E-state index is 12.3. The Hall–Kier alpha value is -0.0400. The van der Waals surface area contributed by atoms with Crippen LogP contribution in [0.25, 0.3) is 0 Å². The van der Waals surface area contributed by atoms with E-state index in [1.165, 1.54) is 9.75 Å². The van der Waals surface area contributed by atoms with Gasteiger partial charge in [-0.1, -0.05) is 0 Å². The molecule has 1 aromatic rings. The van der Waals surface area contributed by atoms with Crippen LogP contribution in [0.5, 0.6) is 0 Å². The number of guanidine groups is 1. The monoisotopic (exact) mass is 504 g/mol. The molecule has 1 fully saturated rings. The molecule has 0 bridgehead atoms. The number of hydrogen-bond acceptors (Lipinski definition) is 5. The van der Waals surface area contributed by atoms with E-state index in [9.17, 15) is 8.42 Å². The molecule has 2 rings (SSSR count). The maximum Gasteiger partial charge on any atom is 0.215 e. The summed E-state index contributed by atoms with van der Waals surface area (Å²) in [5.41, 5.74) is 0. The standard InChI is InChI=1S/C14H24N4O2S3.HI/c1-12-3-4-13(22-12)11-17-14(15-2)16-5-10-23(19,20)18-6-8-21-9-7-18;/h3-4H,5-11H2,1-2H3,(H2,15,16,17);1H. The first-order chi connectivity index (χ1) is 11.0. The van der Waals surface area contributed by atoms with Crippen molar-refractivity contribution in [2.75, 3.05) is 43.9 Å². The fourth-order valence-corrected chi connectivity index (χ4v) is 5.55. The van der Waals surface area contributed by atoms with Gasteiger partial charge < -0.3 is 10.6 Å². The van der Waals surface area contributed by atoms with Gasteiger partial charge in [-0.2, -0.15) is 11.8 Å². The van der Waals surface area contributed by atoms with Crippen molar-refractivity contribution in [2.45, 2.75) is 13.5 Å². The van der Waals surface area contributed by atoms with Crippen molar-refractivity contribution in [3.05, 3.63) is 21.9 Å². The predicted octanol–water partition coefficient (Wildman–Crippen LogP) is 1.72. The summed E-state index contributed by atoms with van der Waals surface area (Å²) in [5.74, 6) is 2.49. The number of halogens is 1. The Morgan fingerprint density at radius 3 is 2.58 bits per heavy atom. The number of aryl methyl sites for hydroxylation is 1. The van der Waals surface area contributed by atoms with Gasteiger partial charge in [0.05, 0.1) is 12.3 Å². The molecule has 1 saturated heterocycles. The number of rotatable bonds is 6. The van der Waals surface area contributed by atoms with Crippen LogP contribution in [0.2, 0.25) is 0 Å². The van der Waals surface area contributed by atoms with Crippen molar-refractivity contribution in [3.8, 4) is 0 Å². The zero-order valence-electron chi connectivity index (χ0n) is 13.9. The van der Waals surface area contributed by atoms with Crippen LogP contribution in [0, 0.1) is 6.92 Å². The minimum atomic E-state index is -3.17. The van der Waals surface area contributed by atoms with Crippen molar-refractivity contribution in [1.82, 2.24) is 14.9 Å². The van der Waals surface area contributed by atoms with E-state index in [2.05, 4.69) is 34.7 Å². The highest BCUT2D eigenvalue weighted by atomic mass is 127. The van der Waals surface area contributed by atoms with Gasteiger partial charge in [0.25, 0.3) is 0 Å². The highest BCUT2D eigenvalue weighted by Crippen LogP contribution is 2.14. The number of sulfonamides is 1. The minimum absolute atomic E-state index is 0. The molecule has 2 N–H and O–H groups in total. The van der Waals surface area contributed by atoms with Gasteiger partial charge in [-0.15, -0.1) is 35.3 Å². The van der Waals surface area contributed by atoms with E-state index in [0.29, 0.717) is 32.1 Å². The van der Waals surface area contributed by atoms with Gasteiger partial charge in [0.15, 0.2) is 5.96 Å². The molecule has 0 atom stereocenters. The highest BCUT2D eigenvalue weighted by Gasteiger charge is 2.23. The Bertz CT molecular complexity index is 628. The SMILES string of the molecule is CN=C(NCCS(=O)(=O)N1CCSCC1)NCc1ccc(C)s1.I. The summed E-state index contributed by atoms with van der Waals surface area (Å²) in [6, 6.07) is 4.17. The third-order valence-corrected chi connectivity index (χ3v) is 7.28. The second kappa shape index (κ2) is 10.8. The predicted molar refractivity (Wildman–Crippen MR) is 115 cm³/mol. The Kier molecular flexibility index (Phi) is 9.94. The molecular formula is C14H25IN4O2S3. The van der Waals surface area contributed by atoms with Crippen LogP contribution < -0.4 is 10.6 Å². The van der Waals surface area contributed by atoms with Gasteiger partial charge >= 0.3 is 0 Å². The molecule has 0 spiro atoms. The number of aliphatic imine (C=N–C) groups is 1. The van der Waals surface area contributed by atoms with Crippen LogP contribution in [0.4, 0.5) is 0 Å². The lowest BCUT2D eigenvalue weighted by Crippen LogP contribution is -2.44. The smallest absolute Gasteiger partial charge is 0.215 e. The first-order valence-corrected chi connectivity index (χ1v) is 11.1. The van der Waals surface area contributed by atoms with Crippen molar-refractivity contribution in [2.24, 2.45) is 4.99 Å². The zero-order chi connectivity index (χ0) is 16.7. The van der Waals surface area contributed by atoms with Gasteiger partial charge in [-0.05, 0) is 19.1 Å². The Labute approximate surface area is 169 Å². The molecule has 0 radical (unpaired) electrons. The third kappa shape index (κ3) is 7.06. The lowest BCUT2D eigenvalue weighted by molar-refractivity contribution is 0.443. The quantitative estimate of drug-likeness (QED) is 0.351. The van der Waals surface area contributed by atoms with Crippen LogP contribution in [0.1, 0.15) is 9.75 Å². The van der Waals surface area contributed by atoms with Gasteiger partial charge in [-0.3, -0.25) is 4.99 Å². The number of nitrogens with one attached hydrogen (secondary N) is 2. The molecule has 6 nitrogen and oxygen atoms in total. The molecule has 138 valence electrons. The summed E-state index contributed by atoms with van der Waals surface area (Å²) < 4.78 is 26.1. The van der Waals surface area contributed by atoms with Crippen LogP contribution in [0.15, 0.2) is 17.1 Å². The molecule has 0 aromatic carbocycles. The summed E-state index contributed by atoms with van der Waals surface area (Å²) >= 11 is 3.54. The topological polar surface area (TPSA) is 73.8 Å². The number of nitrogens with zero attached hydrogens (tertiary/aromatic N) is 2. The van der Waals surface area contributed by atoms with Gasteiger partial charge in [0.2, 0.25) is 10.0 Å². The maximum atomic E-state index is 12.3. The van der Waals surface area contributed by atoms with E-state index in [4.69, 9.17) is 0 Å². The fourth-order valence-electron chi connectivity index (χ4n) is 2.22. The molecule has 1 aliphatic rings. The first-order valence-electron chi connectivity index (χ1n) is 7.56. The third-order valence-electron chi connectivity index (χ3n) is 3.47. The van der Waals surface area contributed by atoms with E-state index in [1.54, 1.807) is 34.5 Å². The number of hydrogen-bond donors (Lipinski definition) is 2. The van der Waals surface area contributed by atoms with Crippen molar-refractivity contribution < 1.29 is 8.42 Å². The van der Waals surface area contributed by atoms with E-state index in [-0.39, 0.29) is 29.7 Å². The normalized spacial score (nSPS) is 16.5. The average Bonchev–Trinajstić information content (AvgIpc) is 2.97. The van der Waals surface area contributed by atoms with Gasteiger partial charge in [-0.25, -0.2) is 12.7 Å². The molecule has 0 amide bonds. The summed E-state index contributed by atoms with van der Waals surface area (Å²) in [6.45, 7) is 4.37. The second-order valence-corrected chi connectivity index (χ2v) is 9.88. The van der Waals surface area contributed by atoms with Crippen LogP contribution in [-0.4, -0.2) is 62.6 Å². The van der Waals surface area contributed by atoms with Crippen molar-refractivity contribution in [1.29, 1.82) is 0 Å². The van der Waals surface area contributed by atoms with Crippen molar-refractivity contribution >= 4 is 63.1 Å². The average molecular weight is 504 g/mol. The zero-order valence-corrected chi connectivity index (χ0v) is 18.7. The van der Waals surface area contributed by atoms with E-state index < -0.39 is 10.0 Å². The molecule has 0 unspecified atom stereocenters. The molecular weight excluding hydrogens is 479 g/mol. The summed E-state index contributed by atoms with van der Waals surface area (Å²) in [6.07, 6.45) is 0. The molecule has 2 heterocycles. The lowest BCUT2D eigenvalue weighted by atomic mass is 10.4. The summed E-state index contributed by atoms with van der Waals surface area (Å²) in [5, 5.41) is 6.28. The molecule has 0 aliphatic carbocycles. The minimum Gasteiger partial charge on any atom is -0.355 e. The molecule has 24 heavy (non-hydrogen) atoms. The van der Waals surface area contributed by atoms with E-state index in [1.807, 2.05) is 0 Å². The molecule has 0 saturated carbocycles. The van der Waals surface area contributed by atoms with Crippen molar-refractivity contribution in [3.63, 3.8) is 0 Å². The lowest BCUT2D eigenvalue weighted by Gasteiger charge is -2.25. The van der Waals surface area contributed by atoms with E-state index >= 15 is 0 Å². The molecule has 10 heteroatoms. The van der Waals surface area contributed by atoms with E-state index in [0.717, 1.165) is 11.5 Å². The van der Waals surface area contributed by atoms with Gasteiger partial charge in [0, 0.05) is 47.9 Å². The second-order valence-electron chi connectivity index (χ2n) is 5.19. The van der Waals surface area contributed by atoms with Gasteiger partial charge in [0.1, 0.15) is 0 Å². The number of thioether (sulfide) groups is 1. The van der Waals surface area contributed by atoms with Crippen LogP contribution in [0.3, 0.4) is 0 Å². The fraction of sp³-hybridized carbons (Fsp3) is 0.643. The summed E-state index contributed by atoms with van der Waals surface area (Å²) in [7, 11) is -1.49. The number of thiophene rings is 1. The molecule has 1 aliphatic heterocycles. The first kappa shape index (κ1) is 22.0. The Balaban J connectivity index is 0.00000288. The Morgan fingerprint density at radius 1 is 1.29 bits per heavy atom. The van der Waals surface area contributed by atoms with Crippen LogP contribution >= 0.6 is 47.1 Å². The largest absolute Gasteiger partial charge is 0.355 e.